The van der Waals surface area contributed by atoms with Gasteiger partial charge in [-0.1, -0.05) is 23.7 Å². The Balaban J connectivity index is 1.64. The highest BCUT2D eigenvalue weighted by Gasteiger charge is 2.13. The van der Waals surface area contributed by atoms with Crippen molar-refractivity contribution in [3.05, 3.63) is 71.5 Å². The highest BCUT2D eigenvalue weighted by Crippen LogP contribution is 2.24. The minimum atomic E-state index is -3.75. The number of carbonyl (C=O) groups excluding carboxylic acids is 1. The first-order valence-corrected chi connectivity index (χ1v) is 10.2. The van der Waals surface area contributed by atoms with Gasteiger partial charge < -0.3 is 10.6 Å². The zero-order valence-electron chi connectivity index (χ0n) is 14.8. The molecule has 0 spiro atoms. The lowest BCUT2D eigenvalue weighted by Crippen LogP contribution is -2.31. The number of urea groups is 1. The molecular weight excluding hydrogens is 402 g/mol. The number of nitrogens with two attached hydrogens (primary N) is 1. The summed E-state index contributed by atoms with van der Waals surface area (Å²) < 4.78 is 24.2. The Hall–Kier alpha value is -2.88. The van der Waals surface area contributed by atoms with E-state index in [1.54, 1.807) is 60.4 Å². The number of benzene rings is 2. The molecule has 1 atom stereocenters. The summed E-state index contributed by atoms with van der Waals surface area (Å²) in [6.07, 6.45) is 3.41. The van der Waals surface area contributed by atoms with Crippen molar-refractivity contribution in [3.63, 3.8) is 0 Å². The van der Waals surface area contributed by atoms with Crippen molar-refractivity contribution in [2.75, 3.05) is 5.32 Å². The fraction of sp³-hybridized carbons (Fsp3) is 0.111. The summed E-state index contributed by atoms with van der Waals surface area (Å²) in [5, 5.41) is 15.1. The third-order valence-electron chi connectivity index (χ3n) is 4.01. The number of nitrogens with zero attached hydrogens (tertiary/aromatic N) is 2. The van der Waals surface area contributed by atoms with Crippen LogP contribution in [0.5, 0.6) is 0 Å². The third kappa shape index (κ3) is 4.69. The second kappa shape index (κ2) is 8.01. The number of amides is 2. The minimum Gasteiger partial charge on any atom is -0.331 e. The van der Waals surface area contributed by atoms with Crippen LogP contribution in [0.1, 0.15) is 18.5 Å². The molecule has 1 aromatic heterocycles. The molecule has 8 nitrogen and oxygen atoms in total. The number of hydrogen-bond donors (Lipinski definition) is 3. The van der Waals surface area contributed by atoms with Crippen LogP contribution >= 0.6 is 11.6 Å². The van der Waals surface area contributed by atoms with Crippen LogP contribution in [0.25, 0.3) is 5.69 Å². The molecule has 0 saturated carbocycles. The van der Waals surface area contributed by atoms with E-state index in [0.717, 1.165) is 5.56 Å². The highest BCUT2D eigenvalue weighted by atomic mass is 35.5. The molecular formula is C18H18ClN5O3S. The van der Waals surface area contributed by atoms with E-state index >= 15 is 0 Å². The van der Waals surface area contributed by atoms with Gasteiger partial charge in [0.2, 0.25) is 10.0 Å². The summed E-state index contributed by atoms with van der Waals surface area (Å²) in [4.78, 5) is 12.3. The Morgan fingerprint density at radius 2 is 1.93 bits per heavy atom. The fourth-order valence-electron chi connectivity index (χ4n) is 2.58. The molecule has 2 amide bonds. The minimum absolute atomic E-state index is 0.0137. The van der Waals surface area contributed by atoms with Crippen molar-refractivity contribution in [3.8, 4) is 5.69 Å². The van der Waals surface area contributed by atoms with Crippen LogP contribution in [0.2, 0.25) is 5.02 Å². The van der Waals surface area contributed by atoms with Gasteiger partial charge >= 0.3 is 6.03 Å². The van der Waals surface area contributed by atoms with Gasteiger partial charge in [0, 0.05) is 18.1 Å². The van der Waals surface area contributed by atoms with Gasteiger partial charge in [0.05, 0.1) is 21.6 Å². The number of anilines is 1. The van der Waals surface area contributed by atoms with E-state index in [1.807, 2.05) is 0 Å². The van der Waals surface area contributed by atoms with E-state index < -0.39 is 16.1 Å². The zero-order valence-corrected chi connectivity index (χ0v) is 16.4. The summed E-state index contributed by atoms with van der Waals surface area (Å²) in [6.45, 7) is 1.78. The van der Waals surface area contributed by atoms with Gasteiger partial charge in [-0.15, -0.1) is 0 Å². The van der Waals surface area contributed by atoms with Gasteiger partial charge in [-0.3, -0.25) is 0 Å². The average Bonchev–Trinajstić information content (AvgIpc) is 3.15. The smallest absolute Gasteiger partial charge is 0.319 e. The molecule has 2 aromatic carbocycles. The first-order chi connectivity index (χ1) is 13.2. The normalized spacial score (nSPS) is 12.4. The number of halogens is 1. The highest BCUT2D eigenvalue weighted by molar-refractivity contribution is 7.89. The number of aromatic nitrogens is 2. The molecule has 3 aromatic rings. The molecule has 1 heterocycles. The number of sulfonamides is 1. The van der Waals surface area contributed by atoms with Crippen molar-refractivity contribution < 1.29 is 13.2 Å². The van der Waals surface area contributed by atoms with Crippen LogP contribution in [0.15, 0.2) is 65.8 Å². The molecule has 4 N–H and O–H groups in total. The van der Waals surface area contributed by atoms with Crippen LogP contribution in [0, 0.1) is 0 Å². The third-order valence-corrected chi connectivity index (χ3v) is 5.24. The quantitative estimate of drug-likeness (QED) is 0.588. The summed E-state index contributed by atoms with van der Waals surface area (Å²) in [5.41, 5.74) is 1.95. The van der Waals surface area contributed by atoms with Crippen molar-refractivity contribution >= 4 is 33.3 Å². The van der Waals surface area contributed by atoms with Crippen LogP contribution in [-0.2, 0) is 10.0 Å². The van der Waals surface area contributed by atoms with Crippen LogP contribution in [0.3, 0.4) is 0 Å². The molecule has 146 valence electrons. The average molecular weight is 420 g/mol. The Kier molecular flexibility index (Phi) is 5.68. The molecule has 0 aliphatic carbocycles. The standard InChI is InChI=1S/C18H18ClN5O3S/c1-12(13-3-6-15(7-4-13)28(20,26)27)22-18(25)23-14-5-8-17(16(19)11-14)24-10-2-9-21-24/h2-12H,1H3,(H2,20,26,27)(H2,22,23,25). The predicted molar refractivity (Wildman–Crippen MR) is 107 cm³/mol. The number of rotatable bonds is 5. The number of carbonyl (C=O) groups is 1. The van der Waals surface area contributed by atoms with Crippen LogP contribution < -0.4 is 15.8 Å². The van der Waals surface area contributed by atoms with Crippen molar-refractivity contribution in [2.45, 2.75) is 17.9 Å². The molecule has 0 fully saturated rings. The van der Waals surface area contributed by atoms with E-state index in [2.05, 4.69) is 15.7 Å². The molecule has 10 heteroatoms. The van der Waals surface area contributed by atoms with Crippen LogP contribution in [-0.4, -0.2) is 24.2 Å². The predicted octanol–water partition coefficient (Wildman–Crippen LogP) is 3.06. The van der Waals surface area contributed by atoms with E-state index in [0.29, 0.717) is 16.4 Å². The molecule has 0 aliphatic rings. The van der Waals surface area contributed by atoms with Crippen molar-refractivity contribution in [1.29, 1.82) is 0 Å². The molecule has 28 heavy (non-hydrogen) atoms. The SMILES string of the molecule is CC(NC(=O)Nc1ccc(-n2cccn2)c(Cl)c1)c1ccc(S(N)(=O)=O)cc1. The Morgan fingerprint density at radius 1 is 1.21 bits per heavy atom. The summed E-state index contributed by atoms with van der Waals surface area (Å²) in [6, 6.07) is 12.1. The molecule has 1 unspecified atom stereocenters. The number of nitrogens with one attached hydrogen (secondary N) is 2. The van der Waals surface area contributed by atoms with Gasteiger partial charge in [0.1, 0.15) is 0 Å². The number of primary sulfonamides is 1. The Morgan fingerprint density at radius 3 is 2.50 bits per heavy atom. The molecule has 0 bridgehead atoms. The van der Waals surface area contributed by atoms with Gasteiger partial charge in [-0.05, 0) is 48.9 Å². The maximum atomic E-state index is 12.2. The maximum Gasteiger partial charge on any atom is 0.319 e. The Bertz CT molecular complexity index is 1080. The van der Waals surface area contributed by atoms with Crippen molar-refractivity contribution in [1.82, 2.24) is 15.1 Å². The van der Waals surface area contributed by atoms with Gasteiger partial charge in [-0.2, -0.15) is 5.10 Å². The first kappa shape index (κ1) is 19.9. The summed E-state index contributed by atoms with van der Waals surface area (Å²) >= 11 is 6.27. The van der Waals surface area contributed by atoms with Crippen molar-refractivity contribution in [2.24, 2.45) is 5.14 Å². The van der Waals surface area contributed by atoms with Gasteiger partial charge in [0.15, 0.2) is 0 Å². The van der Waals surface area contributed by atoms with E-state index in [9.17, 15) is 13.2 Å². The molecule has 0 saturated heterocycles. The Labute approximate surface area is 167 Å². The second-order valence-electron chi connectivity index (χ2n) is 6.05. The lowest BCUT2D eigenvalue weighted by Gasteiger charge is -2.16. The van der Waals surface area contributed by atoms with E-state index in [-0.39, 0.29) is 10.9 Å². The van der Waals surface area contributed by atoms with Gasteiger partial charge in [-0.25, -0.2) is 23.0 Å². The fourth-order valence-corrected chi connectivity index (χ4v) is 3.36. The molecule has 0 radical (unpaired) electrons. The topological polar surface area (TPSA) is 119 Å². The lowest BCUT2D eigenvalue weighted by atomic mass is 10.1. The molecule has 3 rings (SSSR count). The lowest BCUT2D eigenvalue weighted by molar-refractivity contribution is 0.249. The summed E-state index contributed by atoms with van der Waals surface area (Å²) in [5.74, 6) is 0. The van der Waals surface area contributed by atoms with E-state index in [1.165, 1.54) is 12.1 Å². The monoisotopic (exact) mass is 419 g/mol. The number of hydrogen-bond acceptors (Lipinski definition) is 4. The largest absolute Gasteiger partial charge is 0.331 e. The first-order valence-electron chi connectivity index (χ1n) is 8.24. The maximum absolute atomic E-state index is 12.2. The molecule has 0 aliphatic heterocycles. The summed E-state index contributed by atoms with van der Waals surface area (Å²) in [7, 11) is -3.75. The van der Waals surface area contributed by atoms with Crippen LogP contribution in [0.4, 0.5) is 10.5 Å². The van der Waals surface area contributed by atoms with E-state index in [4.69, 9.17) is 16.7 Å². The van der Waals surface area contributed by atoms with Gasteiger partial charge in [0.25, 0.3) is 0 Å². The zero-order chi connectivity index (χ0) is 20.3. The second-order valence-corrected chi connectivity index (χ2v) is 8.02.